The van der Waals surface area contributed by atoms with Crippen LogP contribution in [0.5, 0.6) is 5.75 Å². The summed E-state index contributed by atoms with van der Waals surface area (Å²) >= 11 is 0. The number of hydrogen-bond acceptors (Lipinski definition) is 5. The lowest BCUT2D eigenvalue weighted by atomic mass is 10.0. The number of amides is 2. The van der Waals surface area contributed by atoms with Crippen LogP contribution in [0.1, 0.15) is 12.2 Å². The lowest BCUT2D eigenvalue weighted by Gasteiger charge is -2.21. The van der Waals surface area contributed by atoms with E-state index in [4.69, 9.17) is 0 Å². The van der Waals surface area contributed by atoms with E-state index in [1.165, 1.54) is 16.8 Å². The highest BCUT2D eigenvalue weighted by Crippen LogP contribution is 2.25. The molecular weight excluding hydrogens is 355 g/mol. The second kappa shape index (κ2) is 6.65. The number of anilines is 2. The number of rotatable bonds is 4. The molecule has 1 atom stereocenters. The topological polar surface area (TPSA) is 98.1 Å². The van der Waals surface area contributed by atoms with E-state index in [0.717, 1.165) is 12.1 Å². The Kier molecular flexibility index (Phi) is 4.53. The highest BCUT2D eigenvalue weighted by atomic mass is 19.4. The van der Waals surface area contributed by atoms with Gasteiger partial charge in [0.1, 0.15) is 11.6 Å². The highest BCUT2D eigenvalue weighted by Gasteiger charge is 2.32. The number of alkyl halides is 3. The predicted molar refractivity (Wildman–Crippen MR) is 83.3 cm³/mol. The summed E-state index contributed by atoms with van der Waals surface area (Å²) in [5.74, 6) is -1.19. The summed E-state index contributed by atoms with van der Waals surface area (Å²) in [6, 6.07) is 4.90. The van der Waals surface area contributed by atoms with Gasteiger partial charge in [0, 0.05) is 18.2 Å². The zero-order valence-electron chi connectivity index (χ0n) is 13.5. The summed E-state index contributed by atoms with van der Waals surface area (Å²) < 4.78 is 42.0. The Morgan fingerprint density at radius 2 is 2.23 bits per heavy atom. The van der Waals surface area contributed by atoms with Crippen molar-refractivity contribution < 1.29 is 27.5 Å². The van der Waals surface area contributed by atoms with E-state index in [-0.39, 0.29) is 24.6 Å². The van der Waals surface area contributed by atoms with Gasteiger partial charge < -0.3 is 10.1 Å². The minimum Gasteiger partial charge on any atom is -0.406 e. The molecule has 0 aliphatic carbocycles. The maximum atomic E-state index is 12.2. The molecule has 2 aromatic rings. The van der Waals surface area contributed by atoms with E-state index in [2.05, 4.69) is 25.5 Å². The first-order valence-electron chi connectivity index (χ1n) is 7.57. The smallest absolute Gasteiger partial charge is 0.406 e. The Morgan fingerprint density at radius 1 is 1.46 bits per heavy atom. The maximum absolute atomic E-state index is 12.2. The van der Waals surface area contributed by atoms with Gasteiger partial charge in [-0.3, -0.25) is 14.9 Å². The molecule has 0 radical (unpaired) electrons. The summed E-state index contributed by atoms with van der Waals surface area (Å²) in [5, 5.41) is 9.12. The molecule has 2 amide bonds. The first-order chi connectivity index (χ1) is 12.2. The third-order valence-corrected chi connectivity index (χ3v) is 3.56. The summed E-state index contributed by atoms with van der Waals surface area (Å²) in [6.07, 6.45) is -4.98. The number of benzene rings is 1. The van der Waals surface area contributed by atoms with Crippen LogP contribution in [-0.4, -0.2) is 32.9 Å². The van der Waals surface area contributed by atoms with Gasteiger partial charge in [-0.15, -0.1) is 13.2 Å². The van der Waals surface area contributed by atoms with Crippen LogP contribution < -0.4 is 15.4 Å². The molecule has 1 aliphatic rings. The van der Waals surface area contributed by atoms with Gasteiger partial charge in [-0.05, 0) is 19.1 Å². The van der Waals surface area contributed by atoms with Crippen LogP contribution in [0, 0.1) is 12.8 Å². The third kappa shape index (κ3) is 4.29. The second-order valence-corrected chi connectivity index (χ2v) is 5.68. The fraction of sp³-hybridized carbons (Fsp3) is 0.333. The van der Waals surface area contributed by atoms with E-state index >= 15 is 0 Å². The number of aryl methyl sites for hydroxylation is 1. The van der Waals surface area contributed by atoms with Gasteiger partial charge in [-0.25, -0.2) is 4.68 Å². The fourth-order valence-corrected chi connectivity index (χ4v) is 2.54. The molecule has 2 heterocycles. The van der Waals surface area contributed by atoms with E-state index in [1.807, 2.05) is 0 Å². The quantitative estimate of drug-likeness (QED) is 0.860. The van der Waals surface area contributed by atoms with Crippen molar-refractivity contribution >= 4 is 23.5 Å². The van der Waals surface area contributed by atoms with Crippen molar-refractivity contribution in [2.45, 2.75) is 26.3 Å². The van der Waals surface area contributed by atoms with Crippen molar-refractivity contribution in [3.8, 4) is 5.75 Å². The van der Waals surface area contributed by atoms with Gasteiger partial charge >= 0.3 is 6.36 Å². The molecule has 26 heavy (non-hydrogen) atoms. The number of nitrogens with zero attached hydrogens (tertiary/aromatic N) is 3. The zero-order chi connectivity index (χ0) is 18.9. The molecule has 0 fully saturated rings. The second-order valence-electron chi connectivity index (χ2n) is 5.68. The molecule has 0 saturated heterocycles. The lowest BCUT2D eigenvalue weighted by molar-refractivity contribution is -0.274. The van der Waals surface area contributed by atoms with Crippen LogP contribution in [0.15, 0.2) is 24.3 Å². The molecule has 0 bridgehead atoms. The van der Waals surface area contributed by atoms with Crippen LogP contribution in [0.4, 0.5) is 24.8 Å². The number of ether oxygens (including phenoxy) is 1. The van der Waals surface area contributed by atoms with E-state index < -0.39 is 23.9 Å². The van der Waals surface area contributed by atoms with Crippen LogP contribution in [-0.2, 0) is 16.1 Å². The summed E-state index contributed by atoms with van der Waals surface area (Å²) in [4.78, 5) is 28.2. The number of aromatic nitrogens is 3. The standard InChI is InChI=1S/C15H14F3N5O3/c1-8-19-14-21-13(25)9(7-23(14)22-8)5-12(24)20-10-3-2-4-11(6-10)26-15(16,17)18/h2-4,6,9H,5,7H2,1H3,(H,20,24)(H,19,21,22,25)/t9-/m0/s1. The Morgan fingerprint density at radius 3 is 2.96 bits per heavy atom. The molecule has 8 nitrogen and oxygen atoms in total. The number of carbonyl (C=O) groups is 2. The minimum absolute atomic E-state index is 0.130. The van der Waals surface area contributed by atoms with Crippen molar-refractivity contribution in [3.05, 3.63) is 30.1 Å². The number of halogens is 3. The van der Waals surface area contributed by atoms with Crippen molar-refractivity contribution in [3.63, 3.8) is 0 Å². The minimum atomic E-state index is -4.82. The van der Waals surface area contributed by atoms with Crippen LogP contribution >= 0.6 is 0 Å². The molecular formula is C15H14F3N5O3. The molecule has 1 aromatic carbocycles. The van der Waals surface area contributed by atoms with Crippen molar-refractivity contribution in [1.29, 1.82) is 0 Å². The van der Waals surface area contributed by atoms with Gasteiger partial charge in [0.05, 0.1) is 12.5 Å². The molecule has 0 unspecified atom stereocenters. The summed E-state index contributed by atoms with van der Waals surface area (Å²) in [5.41, 5.74) is 0.130. The van der Waals surface area contributed by atoms with E-state index in [1.54, 1.807) is 6.92 Å². The number of fused-ring (bicyclic) bond motifs is 1. The van der Waals surface area contributed by atoms with E-state index in [0.29, 0.717) is 11.8 Å². The maximum Gasteiger partial charge on any atom is 0.573 e. The monoisotopic (exact) mass is 369 g/mol. The van der Waals surface area contributed by atoms with Crippen LogP contribution in [0.3, 0.4) is 0 Å². The van der Waals surface area contributed by atoms with Crippen molar-refractivity contribution in [1.82, 2.24) is 14.8 Å². The van der Waals surface area contributed by atoms with Gasteiger partial charge in [-0.1, -0.05) is 6.07 Å². The van der Waals surface area contributed by atoms with Gasteiger partial charge in [0.2, 0.25) is 17.8 Å². The number of carbonyl (C=O) groups excluding carboxylic acids is 2. The molecule has 11 heteroatoms. The number of nitrogens with one attached hydrogen (secondary N) is 2. The van der Waals surface area contributed by atoms with E-state index in [9.17, 15) is 22.8 Å². The summed E-state index contributed by atoms with van der Waals surface area (Å²) in [6.45, 7) is 1.86. The molecule has 0 saturated carbocycles. The largest absolute Gasteiger partial charge is 0.573 e. The normalized spacial score (nSPS) is 16.6. The molecule has 138 valence electrons. The molecule has 0 spiro atoms. The van der Waals surface area contributed by atoms with Crippen LogP contribution in [0.2, 0.25) is 0 Å². The average Bonchev–Trinajstić information content (AvgIpc) is 2.85. The fourth-order valence-electron chi connectivity index (χ4n) is 2.54. The first-order valence-corrected chi connectivity index (χ1v) is 7.57. The predicted octanol–water partition coefficient (Wildman–Crippen LogP) is 2.08. The Hall–Kier alpha value is -3.11. The lowest BCUT2D eigenvalue weighted by Crippen LogP contribution is -2.36. The SMILES string of the molecule is Cc1nc2n(n1)C[C@H](CC(=O)Nc1cccc(OC(F)(F)F)c1)C(=O)N2. The first kappa shape index (κ1) is 17.7. The summed E-state index contributed by atoms with van der Waals surface area (Å²) in [7, 11) is 0. The van der Waals surface area contributed by atoms with Gasteiger partial charge in [0.15, 0.2) is 0 Å². The van der Waals surface area contributed by atoms with Crippen molar-refractivity contribution in [2.75, 3.05) is 10.6 Å². The Bertz CT molecular complexity index is 849. The molecule has 1 aliphatic heterocycles. The number of hydrogen-bond donors (Lipinski definition) is 2. The molecule has 1 aromatic heterocycles. The Balaban J connectivity index is 1.62. The molecule has 3 rings (SSSR count). The van der Waals surface area contributed by atoms with Crippen molar-refractivity contribution in [2.24, 2.45) is 5.92 Å². The molecule has 2 N–H and O–H groups in total. The highest BCUT2D eigenvalue weighted by molar-refractivity contribution is 5.98. The van der Waals surface area contributed by atoms with Gasteiger partial charge in [0.25, 0.3) is 0 Å². The third-order valence-electron chi connectivity index (χ3n) is 3.56. The van der Waals surface area contributed by atoms with Gasteiger partial charge in [-0.2, -0.15) is 10.1 Å². The zero-order valence-corrected chi connectivity index (χ0v) is 13.5. The average molecular weight is 369 g/mol. The Labute approximate surface area is 145 Å². The van der Waals surface area contributed by atoms with Crippen LogP contribution in [0.25, 0.3) is 0 Å².